The molecular weight excluding hydrogens is 355 g/mol. The van der Waals surface area contributed by atoms with Crippen LogP contribution in [0.4, 0.5) is 13.2 Å². The maximum Gasteiger partial charge on any atom is 0.471 e. The Bertz CT molecular complexity index is 630. The molecule has 0 aromatic carbocycles. The van der Waals surface area contributed by atoms with E-state index in [1.807, 2.05) is 26.2 Å². The highest BCUT2D eigenvalue weighted by atomic mass is 32.1. The summed E-state index contributed by atoms with van der Waals surface area (Å²) in [6.07, 6.45) is -3.73. The summed E-state index contributed by atoms with van der Waals surface area (Å²) in [5.74, 6) is -2.23. The zero-order valence-corrected chi connectivity index (χ0v) is 15.2. The van der Waals surface area contributed by atoms with E-state index in [2.05, 4.69) is 10.3 Å². The van der Waals surface area contributed by atoms with E-state index >= 15 is 0 Å². The fourth-order valence-electron chi connectivity index (χ4n) is 2.94. The first-order valence-electron chi connectivity index (χ1n) is 8.19. The van der Waals surface area contributed by atoms with Crippen molar-refractivity contribution in [3.63, 3.8) is 0 Å². The van der Waals surface area contributed by atoms with Crippen LogP contribution < -0.4 is 5.32 Å². The fourth-order valence-corrected chi connectivity index (χ4v) is 3.80. The van der Waals surface area contributed by atoms with Gasteiger partial charge >= 0.3 is 12.1 Å². The summed E-state index contributed by atoms with van der Waals surface area (Å²) < 4.78 is 38.1. The monoisotopic (exact) mass is 377 g/mol. The number of halogens is 3. The van der Waals surface area contributed by atoms with Crippen LogP contribution in [-0.2, 0) is 9.59 Å². The molecule has 1 N–H and O–H groups in total. The average molecular weight is 377 g/mol. The van der Waals surface area contributed by atoms with Crippen molar-refractivity contribution in [3.8, 4) is 0 Å². The van der Waals surface area contributed by atoms with Gasteiger partial charge < -0.3 is 10.2 Å². The number of nitrogens with one attached hydrogen (secondary N) is 1. The number of carbonyl (C=O) groups excluding carboxylic acids is 2. The molecule has 1 fully saturated rings. The quantitative estimate of drug-likeness (QED) is 0.857. The van der Waals surface area contributed by atoms with Crippen LogP contribution >= 0.6 is 11.3 Å². The minimum atomic E-state index is -4.97. The van der Waals surface area contributed by atoms with Gasteiger partial charge in [0.05, 0.1) is 6.04 Å². The second-order valence-corrected chi connectivity index (χ2v) is 7.56. The third-order valence-electron chi connectivity index (χ3n) is 4.02. The number of alkyl halides is 3. The van der Waals surface area contributed by atoms with Crippen molar-refractivity contribution in [2.24, 2.45) is 5.92 Å². The number of rotatable bonds is 5. The van der Waals surface area contributed by atoms with E-state index in [0.29, 0.717) is 17.7 Å². The van der Waals surface area contributed by atoms with Crippen molar-refractivity contribution in [1.29, 1.82) is 0 Å². The maximum atomic E-state index is 12.7. The number of hydrogen-bond donors (Lipinski definition) is 1. The topological polar surface area (TPSA) is 62.3 Å². The molecular formula is C16H22F3N3O2S. The Hall–Kier alpha value is -1.64. The molecule has 2 unspecified atom stereocenters. The van der Waals surface area contributed by atoms with Gasteiger partial charge in [-0.3, -0.25) is 9.59 Å². The van der Waals surface area contributed by atoms with E-state index in [-0.39, 0.29) is 24.9 Å². The summed E-state index contributed by atoms with van der Waals surface area (Å²) in [6, 6.07) is -1.44. The Morgan fingerprint density at radius 2 is 2.12 bits per heavy atom. The zero-order chi connectivity index (χ0) is 18.8. The molecule has 1 aromatic rings. The van der Waals surface area contributed by atoms with Gasteiger partial charge in [0, 0.05) is 17.6 Å². The van der Waals surface area contributed by atoms with Crippen LogP contribution in [0.15, 0.2) is 5.38 Å². The van der Waals surface area contributed by atoms with Crippen LogP contribution in [-0.4, -0.2) is 40.5 Å². The van der Waals surface area contributed by atoms with Crippen molar-refractivity contribution in [2.75, 3.05) is 6.54 Å². The number of aryl methyl sites for hydroxylation is 1. The van der Waals surface area contributed by atoms with Crippen LogP contribution in [0.1, 0.15) is 49.9 Å². The van der Waals surface area contributed by atoms with Crippen LogP contribution in [0.3, 0.4) is 0 Å². The normalized spacial score (nSPS) is 19.3. The lowest BCUT2D eigenvalue weighted by Crippen LogP contribution is -2.50. The van der Waals surface area contributed by atoms with E-state index in [1.165, 1.54) is 11.3 Å². The summed E-state index contributed by atoms with van der Waals surface area (Å²) in [7, 11) is 0. The molecule has 1 aliphatic heterocycles. The smallest absolute Gasteiger partial charge is 0.345 e. The molecule has 5 nitrogen and oxygen atoms in total. The number of carbonyl (C=O) groups is 2. The van der Waals surface area contributed by atoms with Gasteiger partial charge in [0.15, 0.2) is 0 Å². The Balaban J connectivity index is 2.13. The SMILES string of the molecule is Cc1csc(C(CC(C)C)NC(=O)C2CCCN2C(=O)C(F)(F)F)n1. The highest BCUT2D eigenvalue weighted by Crippen LogP contribution is 2.28. The molecule has 2 amide bonds. The van der Waals surface area contributed by atoms with Crippen LogP contribution in [0.25, 0.3) is 0 Å². The molecule has 0 radical (unpaired) electrons. The number of nitrogens with zero attached hydrogens (tertiary/aromatic N) is 2. The van der Waals surface area contributed by atoms with Crippen molar-refractivity contribution in [3.05, 3.63) is 16.1 Å². The van der Waals surface area contributed by atoms with Crippen LogP contribution in [0.2, 0.25) is 0 Å². The van der Waals surface area contributed by atoms with E-state index in [9.17, 15) is 22.8 Å². The van der Waals surface area contributed by atoms with Crippen molar-refractivity contribution in [2.45, 2.75) is 58.3 Å². The highest BCUT2D eigenvalue weighted by Gasteiger charge is 2.47. The molecule has 1 aromatic heterocycles. The van der Waals surface area contributed by atoms with Gasteiger partial charge in [-0.2, -0.15) is 13.2 Å². The fraction of sp³-hybridized carbons (Fsp3) is 0.688. The Labute approximate surface area is 148 Å². The summed E-state index contributed by atoms with van der Waals surface area (Å²) in [5.41, 5.74) is 0.831. The third-order valence-corrected chi connectivity index (χ3v) is 5.09. The minimum Gasteiger partial charge on any atom is -0.345 e. The van der Waals surface area contributed by atoms with E-state index in [4.69, 9.17) is 0 Å². The summed E-state index contributed by atoms with van der Waals surface area (Å²) in [4.78, 5) is 29.1. The highest BCUT2D eigenvalue weighted by molar-refractivity contribution is 7.09. The molecule has 9 heteroatoms. The number of amides is 2. The second-order valence-electron chi connectivity index (χ2n) is 6.67. The van der Waals surface area contributed by atoms with E-state index in [1.54, 1.807) is 0 Å². The number of hydrogen-bond acceptors (Lipinski definition) is 4. The van der Waals surface area contributed by atoms with Crippen molar-refractivity contribution < 1.29 is 22.8 Å². The molecule has 25 heavy (non-hydrogen) atoms. The third kappa shape index (κ3) is 4.93. The first kappa shape index (κ1) is 19.7. The molecule has 0 aliphatic carbocycles. The molecule has 2 rings (SSSR count). The second kappa shape index (κ2) is 7.72. The van der Waals surface area contributed by atoms with Crippen LogP contribution in [0.5, 0.6) is 0 Å². The molecule has 0 spiro atoms. The lowest BCUT2D eigenvalue weighted by Gasteiger charge is -2.27. The maximum absolute atomic E-state index is 12.7. The minimum absolute atomic E-state index is 0.0539. The lowest BCUT2D eigenvalue weighted by atomic mass is 10.0. The predicted molar refractivity (Wildman–Crippen MR) is 88.0 cm³/mol. The molecule has 2 atom stereocenters. The molecule has 2 heterocycles. The zero-order valence-electron chi connectivity index (χ0n) is 14.4. The Morgan fingerprint density at radius 1 is 1.44 bits per heavy atom. The molecule has 0 bridgehead atoms. The molecule has 140 valence electrons. The van der Waals surface area contributed by atoms with Gasteiger partial charge in [-0.05, 0) is 32.1 Å². The van der Waals surface area contributed by atoms with Crippen molar-refractivity contribution in [1.82, 2.24) is 15.2 Å². The Morgan fingerprint density at radius 3 is 2.64 bits per heavy atom. The number of aromatic nitrogens is 1. The van der Waals surface area contributed by atoms with Gasteiger partial charge in [-0.1, -0.05) is 13.8 Å². The predicted octanol–water partition coefficient (Wildman–Crippen LogP) is 3.21. The number of likely N-dealkylation sites (tertiary alicyclic amines) is 1. The summed E-state index contributed by atoms with van der Waals surface area (Å²) >= 11 is 1.41. The molecule has 1 saturated heterocycles. The Kier molecular flexibility index (Phi) is 6.08. The van der Waals surface area contributed by atoms with Gasteiger partial charge in [0.1, 0.15) is 11.0 Å². The lowest BCUT2D eigenvalue weighted by molar-refractivity contribution is -0.186. The van der Waals surface area contributed by atoms with E-state index < -0.39 is 24.0 Å². The summed E-state index contributed by atoms with van der Waals surface area (Å²) in [6.45, 7) is 5.78. The number of thiazole rings is 1. The van der Waals surface area contributed by atoms with Gasteiger partial charge in [0.2, 0.25) is 5.91 Å². The van der Waals surface area contributed by atoms with Crippen molar-refractivity contribution >= 4 is 23.2 Å². The standard InChI is InChI=1S/C16H22F3N3O2S/c1-9(2)7-11(14-20-10(3)8-25-14)21-13(23)12-5-4-6-22(12)15(24)16(17,18)19/h8-9,11-12H,4-7H2,1-3H3,(H,21,23). The van der Waals surface area contributed by atoms with Gasteiger partial charge in [-0.15, -0.1) is 11.3 Å². The first-order valence-corrected chi connectivity index (χ1v) is 9.07. The largest absolute Gasteiger partial charge is 0.471 e. The van der Waals surface area contributed by atoms with E-state index in [0.717, 1.165) is 10.7 Å². The average Bonchev–Trinajstić information content (AvgIpc) is 3.12. The molecule has 0 saturated carbocycles. The van der Waals surface area contributed by atoms with Crippen LogP contribution in [0, 0.1) is 12.8 Å². The van der Waals surface area contributed by atoms with Gasteiger partial charge in [-0.25, -0.2) is 4.98 Å². The molecule has 1 aliphatic rings. The van der Waals surface area contributed by atoms with Gasteiger partial charge in [0.25, 0.3) is 0 Å². The first-order chi connectivity index (χ1) is 11.6. The summed E-state index contributed by atoms with van der Waals surface area (Å²) in [5, 5.41) is 5.40.